The molecule has 112 valence electrons. The van der Waals surface area contributed by atoms with Crippen LogP contribution in [-0.2, 0) is 14.8 Å². The minimum Gasteiger partial charge on any atom is -0.324 e. The molecule has 1 rings (SSSR count). The molecule has 1 atom stereocenters. The summed E-state index contributed by atoms with van der Waals surface area (Å²) in [7, 11) is -3.80. The van der Waals surface area contributed by atoms with Gasteiger partial charge in [-0.15, -0.1) is 0 Å². The fraction of sp³-hybridized carbons (Fsp3) is 0.462. The highest BCUT2D eigenvalue weighted by Gasteiger charge is 2.17. The maximum absolute atomic E-state index is 11.9. The van der Waals surface area contributed by atoms with Crippen molar-refractivity contribution in [2.45, 2.75) is 38.1 Å². The van der Waals surface area contributed by atoms with E-state index in [1.165, 1.54) is 12.1 Å². The van der Waals surface area contributed by atoms with Crippen LogP contribution in [-0.4, -0.2) is 20.4 Å². The topological polar surface area (TPSA) is 115 Å². The third kappa shape index (κ3) is 4.59. The van der Waals surface area contributed by atoms with E-state index in [1.807, 2.05) is 13.8 Å². The summed E-state index contributed by atoms with van der Waals surface area (Å²) in [4.78, 5) is 11.9. The Morgan fingerprint density at radius 3 is 2.45 bits per heavy atom. The Balaban J connectivity index is 2.95. The van der Waals surface area contributed by atoms with Gasteiger partial charge in [0.1, 0.15) is 0 Å². The zero-order chi connectivity index (χ0) is 15.5. The fourth-order valence-electron chi connectivity index (χ4n) is 1.75. The van der Waals surface area contributed by atoms with Gasteiger partial charge in [0.25, 0.3) is 0 Å². The van der Waals surface area contributed by atoms with Crippen molar-refractivity contribution < 1.29 is 13.2 Å². The lowest BCUT2D eigenvalue weighted by atomic mass is 10.0. The molecule has 7 heteroatoms. The molecule has 0 fully saturated rings. The van der Waals surface area contributed by atoms with Crippen LogP contribution in [0, 0.1) is 12.8 Å². The molecule has 1 aromatic rings. The van der Waals surface area contributed by atoms with Gasteiger partial charge in [-0.2, -0.15) is 0 Å². The van der Waals surface area contributed by atoms with E-state index in [1.54, 1.807) is 13.0 Å². The van der Waals surface area contributed by atoms with Gasteiger partial charge < -0.3 is 11.1 Å². The molecule has 1 amide bonds. The highest BCUT2D eigenvalue weighted by molar-refractivity contribution is 7.89. The Morgan fingerprint density at radius 1 is 1.35 bits per heavy atom. The van der Waals surface area contributed by atoms with Crippen molar-refractivity contribution in [2.75, 3.05) is 5.32 Å². The van der Waals surface area contributed by atoms with Crippen molar-refractivity contribution in [1.29, 1.82) is 0 Å². The molecule has 0 bridgehead atoms. The Kier molecular flexibility index (Phi) is 5.27. The summed E-state index contributed by atoms with van der Waals surface area (Å²) in [5, 5.41) is 7.71. The molecule has 5 N–H and O–H groups in total. The molecule has 0 saturated heterocycles. The lowest BCUT2D eigenvalue weighted by molar-refractivity contribution is -0.117. The van der Waals surface area contributed by atoms with Gasteiger partial charge in [-0.1, -0.05) is 19.9 Å². The Morgan fingerprint density at radius 2 is 1.95 bits per heavy atom. The predicted molar refractivity (Wildman–Crippen MR) is 78.6 cm³/mol. The van der Waals surface area contributed by atoms with E-state index in [2.05, 4.69) is 5.32 Å². The molecule has 20 heavy (non-hydrogen) atoms. The summed E-state index contributed by atoms with van der Waals surface area (Å²) < 4.78 is 22.6. The average molecular weight is 299 g/mol. The third-order valence-corrected chi connectivity index (χ3v) is 3.77. The van der Waals surface area contributed by atoms with Crippen LogP contribution in [0.15, 0.2) is 23.1 Å². The summed E-state index contributed by atoms with van der Waals surface area (Å²) >= 11 is 0. The van der Waals surface area contributed by atoms with Crippen LogP contribution in [0.5, 0.6) is 0 Å². The van der Waals surface area contributed by atoms with Crippen LogP contribution in [0.1, 0.15) is 25.8 Å². The number of anilines is 1. The number of nitrogens with one attached hydrogen (secondary N) is 1. The first kappa shape index (κ1) is 16.6. The van der Waals surface area contributed by atoms with E-state index >= 15 is 0 Å². The van der Waals surface area contributed by atoms with Crippen molar-refractivity contribution >= 4 is 21.6 Å². The number of carbonyl (C=O) groups excluding carboxylic acids is 1. The number of aryl methyl sites for hydroxylation is 1. The molecule has 0 heterocycles. The van der Waals surface area contributed by atoms with E-state index in [9.17, 15) is 13.2 Å². The van der Waals surface area contributed by atoms with Crippen LogP contribution >= 0.6 is 0 Å². The Bertz CT molecular complexity index is 597. The smallest absolute Gasteiger partial charge is 0.241 e. The van der Waals surface area contributed by atoms with Gasteiger partial charge in [-0.3, -0.25) is 4.79 Å². The summed E-state index contributed by atoms with van der Waals surface area (Å²) in [5.74, 6) is -0.0408. The lowest BCUT2D eigenvalue weighted by Crippen LogP contribution is -2.36. The van der Waals surface area contributed by atoms with E-state index in [-0.39, 0.29) is 10.8 Å². The van der Waals surface area contributed by atoms with Crippen LogP contribution in [0.2, 0.25) is 0 Å². The van der Waals surface area contributed by atoms with Gasteiger partial charge in [-0.25, -0.2) is 13.6 Å². The third-order valence-electron chi connectivity index (χ3n) is 2.86. The van der Waals surface area contributed by atoms with Crippen LogP contribution in [0.25, 0.3) is 0 Å². The quantitative estimate of drug-likeness (QED) is 0.750. The highest BCUT2D eigenvalue weighted by Crippen LogP contribution is 2.20. The number of carbonyl (C=O) groups is 1. The predicted octanol–water partition coefficient (Wildman–Crippen LogP) is 0.954. The summed E-state index contributed by atoms with van der Waals surface area (Å²) in [6.07, 6.45) is 0.555. The van der Waals surface area contributed by atoms with Crippen LogP contribution in [0.4, 0.5) is 5.69 Å². The van der Waals surface area contributed by atoms with Crippen LogP contribution < -0.4 is 16.2 Å². The van der Waals surface area contributed by atoms with Crippen LogP contribution in [0.3, 0.4) is 0 Å². The number of nitrogens with two attached hydrogens (primary N) is 2. The minimum absolute atomic E-state index is 0.0455. The van der Waals surface area contributed by atoms with Crippen molar-refractivity contribution in [3.05, 3.63) is 23.8 Å². The summed E-state index contributed by atoms with van der Waals surface area (Å²) in [5.41, 5.74) is 6.93. The molecular weight excluding hydrogens is 278 g/mol. The maximum atomic E-state index is 11.9. The number of rotatable bonds is 5. The zero-order valence-electron chi connectivity index (χ0n) is 11.9. The number of benzene rings is 1. The normalized spacial score (nSPS) is 13.3. The first-order chi connectivity index (χ1) is 9.11. The molecule has 0 aliphatic heterocycles. The first-order valence-corrected chi connectivity index (χ1v) is 7.85. The molecule has 0 aliphatic rings. The van der Waals surface area contributed by atoms with E-state index in [0.717, 1.165) is 5.56 Å². The summed E-state index contributed by atoms with van der Waals surface area (Å²) in [6, 6.07) is 3.69. The molecular formula is C13H21N3O3S. The van der Waals surface area contributed by atoms with Gasteiger partial charge in [0.15, 0.2) is 0 Å². The van der Waals surface area contributed by atoms with Crippen molar-refractivity contribution in [1.82, 2.24) is 0 Å². The van der Waals surface area contributed by atoms with Gasteiger partial charge in [0.2, 0.25) is 15.9 Å². The molecule has 0 spiro atoms. The Labute approximate surface area is 119 Å². The number of hydrogen-bond acceptors (Lipinski definition) is 4. The van der Waals surface area contributed by atoms with Crippen molar-refractivity contribution in [3.63, 3.8) is 0 Å². The number of amides is 1. The van der Waals surface area contributed by atoms with E-state index in [4.69, 9.17) is 10.9 Å². The second-order valence-electron chi connectivity index (χ2n) is 5.25. The Hall–Kier alpha value is -1.44. The summed E-state index contributed by atoms with van der Waals surface area (Å²) in [6.45, 7) is 5.70. The first-order valence-electron chi connectivity index (χ1n) is 6.31. The molecule has 0 radical (unpaired) electrons. The molecule has 0 saturated carbocycles. The van der Waals surface area contributed by atoms with E-state index in [0.29, 0.717) is 18.0 Å². The van der Waals surface area contributed by atoms with Gasteiger partial charge in [0.05, 0.1) is 10.9 Å². The van der Waals surface area contributed by atoms with Gasteiger partial charge >= 0.3 is 0 Å². The van der Waals surface area contributed by atoms with Crippen molar-refractivity contribution in [3.8, 4) is 0 Å². The highest BCUT2D eigenvalue weighted by atomic mass is 32.2. The number of primary sulfonamides is 1. The second kappa shape index (κ2) is 6.34. The standard InChI is InChI=1S/C13H21N3O3S/c1-8(2)6-11(14)13(17)16-12-7-10(20(15,18)19)5-4-9(12)3/h4-5,7-8,11H,6,14H2,1-3H3,(H,16,17)(H2,15,18,19). The second-order valence-corrected chi connectivity index (χ2v) is 6.81. The number of hydrogen-bond donors (Lipinski definition) is 3. The number of sulfonamides is 1. The van der Waals surface area contributed by atoms with Gasteiger partial charge in [0, 0.05) is 5.69 Å². The van der Waals surface area contributed by atoms with Crippen molar-refractivity contribution in [2.24, 2.45) is 16.8 Å². The lowest BCUT2D eigenvalue weighted by Gasteiger charge is -2.15. The van der Waals surface area contributed by atoms with Gasteiger partial charge in [-0.05, 0) is 37.0 Å². The molecule has 1 unspecified atom stereocenters. The fourth-order valence-corrected chi connectivity index (χ4v) is 2.29. The minimum atomic E-state index is -3.80. The molecule has 0 aliphatic carbocycles. The molecule has 0 aromatic heterocycles. The molecule has 1 aromatic carbocycles. The van der Waals surface area contributed by atoms with E-state index < -0.39 is 16.1 Å². The average Bonchev–Trinajstić information content (AvgIpc) is 2.29. The SMILES string of the molecule is Cc1ccc(S(N)(=O)=O)cc1NC(=O)C(N)CC(C)C. The zero-order valence-corrected chi connectivity index (χ0v) is 12.7. The molecule has 6 nitrogen and oxygen atoms in total. The largest absolute Gasteiger partial charge is 0.324 e. The monoisotopic (exact) mass is 299 g/mol. The maximum Gasteiger partial charge on any atom is 0.241 e.